The summed E-state index contributed by atoms with van der Waals surface area (Å²) < 4.78 is 17.6. The Balaban J connectivity index is 1.48. The SMILES string of the molecule is COc1cc([C@H]2c3c(oc4ccc(Cl)cc4c3=O)C(=O)N2c2nccs2)ccc1OCc1ccccc1. The van der Waals surface area contributed by atoms with Crippen molar-refractivity contribution >= 4 is 44.9 Å². The zero-order chi connectivity index (χ0) is 25.5. The van der Waals surface area contributed by atoms with Gasteiger partial charge in [-0.2, -0.15) is 0 Å². The predicted molar refractivity (Wildman–Crippen MR) is 142 cm³/mol. The second-order valence-corrected chi connectivity index (χ2v) is 9.70. The minimum Gasteiger partial charge on any atom is -0.493 e. The number of amides is 1. The maximum Gasteiger partial charge on any atom is 0.297 e. The zero-order valence-corrected chi connectivity index (χ0v) is 21.1. The third-order valence-electron chi connectivity index (χ3n) is 6.20. The van der Waals surface area contributed by atoms with E-state index in [0.29, 0.717) is 44.8 Å². The number of hydrogen-bond donors (Lipinski definition) is 0. The summed E-state index contributed by atoms with van der Waals surface area (Å²) in [4.78, 5) is 33.2. The highest BCUT2D eigenvalue weighted by molar-refractivity contribution is 7.13. The van der Waals surface area contributed by atoms with Crippen molar-refractivity contribution in [2.45, 2.75) is 12.6 Å². The number of carbonyl (C=O) groups excluding carboxylic acids is 1. The van der Waals surface area contributed by atoms with Crippen LogP contribution in [0.25, 0.3) is 11.0 Å². The van der Waals surface area contributed by atoms with E-state index < -0.39 is 11.9 Å². The van der Waals surface area contributed by atoms with Crippen LogP contribution in [0.2, 0.25) is 5.02 Å². The number of hydrogen-bond acceptors (Lipinski definition) is 7. The van der Waals surface area contributed by atoms with E-state index in [-0.39, 0.29) is 16.8 Å². The fourth-order valence-electron chi connectivity index (χ4n) is 4.50. The number of nitrogens with zero attached hydrogens (tertiary/aromatic N) is 2. The fraction of sp³-hybridized carbons (Fsp3) is 0.107. The molecule has 0 bridgehead atoms. The number of fused-ring (bicyclic) bond motifs is 2. The summed E-state index contributed by atoms with van der Waals surface area (Å²) in [6.07, 6.45) is 1.61. The quantitative estimate of drug-likeness (QED) is 0.258. The van der Waals surface area contributed by atoms with Crippen molar-refractivity contribution in [2.24, 2.45) is 0 Å². The number of carbonyl (C=O) groups is 1. The van der Waals surface area contributed by atoms with E-state index >= 15 is 0 Å². The van der Waals surface area contributed by atoms with Gasteiger partial charge < -0.3 is 13.9 Å². The molecule has 0 unspecified atom stereocenters. The lowest BCUT2D eigenvalue weighted by Crippen LogP contribution is -2.29. The lowest BCUT2D eigenvalue weighted by molar-refractivity contribution is 0.0971. The summed E-state index contributed by atoms with van der Waals surface area (Å²) in [7, 11) is 1.55. The summed E-state index contributed by atoms with van der Waals surface area (Å²) in [5.74, 6) is 0.565. The molecule has 0 spiro atoms. The molecule has 37 heavy (non-hydrogen) atoms. The Kier molecular flexibility index (Phi) is 5.90. The Bertz CT molecular complexity index is 1680. The number of methoxy groups -OCH3 is 1. The van der Waals surface area contributed by atoms with E-state index in [1.807, 2.05) is 36.4 Å². The average molecular weight is 531 g/mol. The van der Waals surface area contributed by atoms with E-state index in [1.165, 1.54) is 16.2 Å². The Morgan fingerprint density at radius 1 is 1.05 bits per heavy atom. The van der Waals surface area contributed by atoms with Gasteiger partial charge in [0.2, 0.25) is 5.76 Å². The van der Waals surface area contributed by atoms with Crippen LogP contribution in [0.15, 0.2) is 87.5 Å². The second-order valence-electron chi connectivity index (χ2n) is 8.39. The number of halogens is 1. The van der Waals surface area contributed by atoms with Crippen LogP contribution < -0.4 is 19.8 Å². The van der Waals surface area contributed by atoms with E-state index in [1.54, 1.807) is 49.0 Å². The lowest BCUT2D eigenvalue weighted by Gasteiger charge is -2.23. The van der Waals surface area contributed by atoms with Crippen molar-refractivity contribution in [1.82, 2.24) is 4.98 Å². The van der Waals surface area contributed by atoms with Crippen molar-refractivity contribution in [3.05, 3.63) is 116 Å². The van der Waals surface area contributed by atoms with Gasteiger partial charge in [0.15, 0.2) is 22.1 Å². The molecule has 0 saturated heterocycles. The van der Waals surface area contributed by atoms with E-state index in [2.05, 4.69) is 4.98 Å². The molecular formula is C28H19ClN2O5S. The molecule has 184 valence electrons. The zero-order valence-electron chi connectivity index (χ0n) is 19.5. The van der Waals surface area contributed by atoms with Crippen LogP contribution in [-0.4, -0.2) is 18.0 Å². The first-order valence-electron chi connectivity index (χ1n) is 11.4. The minimum absolute atomic E-state index is 0.0107. The number of ether oxygens (including phenoxy) is 2. The van der Waals surface area contributed by atoms with Crippen LogP contribution in [0.5, 0.6) is 11.5 Å². The normalized spacial score (nSPS) is 14.7. The Morgan fingerprint density at radius 3 is 2.65 bits per heavy atom. The maximum absolute atomic E-state index is 13.7. The van der Waals surface area contributed by atoms with Crippen LogP contribution in [0.1, 0.15) is 33.3 Å². The maximum atomic E-state index is 13.7. The van der Waals surface area contributed by atoms with Gasteiger partial charge in [0.1, 0.15) is 12.2 Å². The van der Waals surface area contributed by atoms with Crippen molar-refractivity contribution < 1.29 is 18.7 Å². The minimum atomic E-state index is -0.773. The molecule has 1 aliphatic heterocycles. The molecule has 3 heterocycles. The second kappa shape index (κ2) is 9.38. The Morgan fingerprint density at radius 2 is 1.89 bits per heavy atom. The van der Waals surface area contributed by atoms with Crippen molar-refractivity contribution in [2.75, 3.05) is 12.0 Å². The molecule has 0 saturated carbocycles. The van der Waals surface area contributed by atoms with Gasteiger partial charge in [0, 0.05) is 16.6 Å². The van der Waals surface area contributed by atoms with Crippen LogP contribution >= 0.6 is 22.9 Å². The van der Waals surface area contributed by atoms with Gasteiger partial charge in [-0.15, -0.1) is 11.3 Å². The summed E-state index contributed by atoms with van der Waals surface area (Å²) in [5.41, 5.74) is 1.87. The van der Waals surface area contributed by atoms with Gasteiger partial charge in [0.05, 0.1) is 24.1 Å². The fourth-order valence-corrected chi connectivity index (χ4v) is 5.34. The first-order valence-corrected chi connectivity index (χ1v) is 12.6. The third-order valence-corrected chi connectivity index (χ3v) is 7.20. The van der Waals surface area contributed by atoms with Crippen LogP contribution in [0, 0.1) is 0 Å². The van der Waals surface area contributed by atoms with Gasteiger partial charge in [-0.1, -0.05) is 48.0 Å². The number of aromatic nitrogens is 1. The molecular weight excluding hydrogens is 512 g/mol. The van der Waals surface area contributed by atoms with Crippen molar-refractivity contribution in [3.63, 3.8) is 0 Å². The topological polar surface area (TPSA) is 81.9 Å². The first kappa shape index (κ1) is 23.3. The molecule has 5 aromatic rings. The standard InChI is InChI=1S/C28H19ClN2O5S/c1-34-22-13-17(7-9-21(22)35-15-16-5-3-2-4-6-16)24-23-25(32)19-14-18(29)8-10-20(19)36-26(23)27(33)31(24)28-30-11-12-37-28/h2-14,24H,15H2,1H3/t24-/m0/s1. The highest BCUT2D eigenvalue weighted by Gasteiger charge is 2.45. The summed E-state index contributed by atoms with van der Waals surface area (Å²) in [6.45, 7) is 0.364. The molecule has 1 amide bonds. The molecule has 9 heteroatoms. The molecule has 3 aromatic carbocycles. The molecule has 0 radical (unpaired) electrons. The van der Waals surface area contributed by atoms with E-state index in [9.17, 15) is 9.59 Å². The third kappa shape index (κ3) is 4.04. The summed E-state index contributed by atoms with van der Waals surface area (Å²) in [6, 6.07) is 19.2. The Labute approximate surface area is 220 Å². The van der Waals surface area contributed by atoms with Gasteiger partial charge in [-0.25, -0.2) is 4.98 Å². The molecule has 1 aliphatic rings. The molecule has 0 N–H and O–H groups in total. The van der Waals surface area contributed by atoms with Crippen LogP contribution in [-0.2, 0) is 6.61 Å². The molecule has 7 nitrogen and oxygen atoms in total. The molecule has 0 fully saturated rings. The van der Waals surface area contributed by atoms with Crippen LogP contribution in [0.3, 0.4) is 0 Å². The number of rotatable bonds is 6. The number of anilines is 1. The highest BCUT2D eigenvalue weighted by Crippen LogP contribution is 2.44. The predicted octanol–water partition coefficient (Wildman–Crippen LogP) is 6.24. The highest BCUT2D eigenvalue weighted by atomic mass is 35.5. The summed E-state index contributed by atoms with van der Waals surface area (Å²) >= 11 is 7.47. The monoisotopic (exact) mass is 530 g/mol. The number of thiazole rings is 1. The summed E-state index contributed by atoms with van der Waals surface area (Å²) in [5, 5.41) is 2.93. The number of benzene rings is 3. The van der Waals surface area contributed by atoms with Crippen molar-refractivity contribution in [1.29, 1.82) is 0 Å². The molecule has 6 rings (SSSR count). The Hall–Kier alpha value is -4.14. The van der Waals surface area contributed by atoms with Gasteiger partial charge >= 0.3 is 0 Å². The first-order chi connectivity index (χ1) is 18.0. The molecule has 2 aromatic heterocycles. The largest absolute Gasteiger partial charge is 0.493 e. The van der Waals surface area contributed by atoms with Crippen LogP contribution in [0.4, 0.5) is 5.13 Å². The van der Waals surface area contributed by atoms with E-state index in [4.69, 9.17) is 25.5 Å². The smallest absolute Gasteiger partial charge is 0.297 e. The lowest BCUT2D eigenvalue weighted by atomic mass is 9.98. The molecule has 0 aliphatic carbocycles. The molecule has 1 atom stereocenters. The average Bonchev–Trinajstić information content (AvgIpc) is 3.55. The van der Waals surface area contributed by atoms with Gasteiger partial charge in [0.25, 0.3) is 5.91 Å². The van der Waals surface area contributed by atoms with Crippen molar-refractivity contribution in [3.8, 4) is 11.5 Å². The van der Waals surface area contributed by atoms with Gasteiger partial charge in [-0.05, 0) is 41.5 Å². The van der Waals surface area contributed by atoms with Gasteiger partial charge in [-0.3, -0.25) is 14.5 Å². The van der Waals surface area contributed by atoms with E-state index in [0.717, 1.165) is 5.56 Å².